The lowest BCUT2D eigenvalue weighted by molar-refractivity contribution is 0.304. The molecule has 1 heterocycles. The van der Waals surface area contributed by atoms with Crippen LogP contribution in [0.2, 0.25) is 0 Å². The summed E-state index contributed by atoms with van der Waals surface area (Å²) in [5.74, 6) is 1.26. The first kappa shape index (κ1) is 22.5. The van der Waals surface area contributed by atoms with Crippen molar-refractivity contribution in [2.75, 3.05) is 0 Å². The average molecular weight is 439 g/mol. The summed E-state index contributed by atoms with van der Waals surface area (Å²) in [7, 11) is 0. The van der Waals surface area contributed by atoms with E-state index in [9.17, 15) is 0 Å². The molecule has 3 aromatic rings. The molecule has 0 unspecified atom stereocenters. The van der Waals surface area contributed by atoms with Crippen molar-refractivity contribution in [1.82, 2.24) is 0 Å². The Bertz CT molecular complexity index is 1090. The number of fused-ring (bicyclic) bond motifs is 3. The maximum Gasteiger partial charge on any atom is 0.198 e. The van der Waals surface area contributed by atoms with Crippen molar-refractivity contribution in [1.29, 1.82) is 0 Å². The minimum Gasteiger partial charge on any atom is -0.441 e. The fourth-order valence-corrected chi connectivity index (χ4v) is 5.56. The zero-order valence-corrected chi connectivity index (χ0v) is 19.8. The first-order valence-electron chi connectivity index (χ1n) is 12.3. The lowest BCUT2D eigenvalue weighted by Crippen LogP contribution is -2.13. The molecule has 4 rings (SSSR count). The van der Waals surface area contributed by atoms with E-state index in [2.05, 4.69) is 32.0 Å². The van der Waals surface area contributed by atoms with Gasteiger partial charge in [-0.3, -0.25) is 0 Å². The highest BCUT2D eigenvalue weighted by Gasteiger charge is 2.23. The molecule has 0 radical (unpaired) electrons. The van der Waals surface area contributed by atoms with Gasteiger partial charge in [0.25, 0.3) is 0 Å². The normalized spacial score (nSPS) is 19.3. The van der Waals surface area contributed by atoms with Crippen LogP contribution in [0.1, 0.15) is 95.1 Å². The molecule has 1 fully saturated rings. The summed E-state index contributed by atoms with van der Waals surface area (Å²) in [6.45, 7) is 4.44. The van der Waals surface area contributed by atoms with Crippen LogP contribution in [0.5, 0.6) is 0 Å². The maximum atomic E-state index is 15.2. The summed E-state index contributed by atoms with van der Waals surface area (Å²) in [5, 5.41) is 2.78. The summed E-state index contributed by atoms with van der Waals surface area (Å²) in [6.07, 6.45) is 13.2. The summed E-state index contributed by atoms with van der Waals surface area (Å²) in [6, 6.07) is 10.5. The highest BCUT2D eigenvalue weighted by molar-refractivity contribution is 7.71. The second-order valence-corrected chi connectivity index (χ2v) is 9.80. The van der Waals surface area contributed by atoms with E-state index in [1.807, 2.05) is 12.1 Å². The van der Waals surface area contributed by atoms with Gasteiger partial charge in [0.2, 0.25) is 0 Å². The molecule has 2 aromatic carbocycles. The van der Waals surface area contributed by atoms with E-state index >= 15 is 4.39 Å². The zero-order valence-electron chi connectivity index (χ0n) is 19.0. The standard InChI is InChI=1S/C28H35FOS/c1-3-5-7-9-21-14-17-24-23-16-15-22(18-25(23)28(31)30-27(24)26(21)29)20-12-10-19(11-13-20)8-6-4-2/h14-20H,3-13H2,1-2H3. The van der Waals surface area contributed by atoms with Gasteiger partial charge in [-0.2, -0.15) is 0 Å². The van der Waals surface area contributed by atoms with Crippen molar-refractivity contribution in [3.8, 4) is 0 Å². The Morgan fingerprint density at radius 3 is 2.39 bits per heavy atom. The molecule has 0 aliphatic heterocycles. The lowest BCUT2D eigenvalue weighted by Gasteiger charge is -2.29. The van der Waals surface area contributed by atoms with Crippen molar-refractivity contribution < 1.29 is 8.81 Å². The highest BCUT2D eigenvalue weighted by atomic mass is 32.1. The van der Waals surface area contributed by atoms with Crippen LogP contribution in [0, 0.1) is 16.4 Å². The van der Waals surface area contributed by atoms with Gasteiger partial charge in [0.15, 0.2) is 16.1 Å². The van der Waals surface area contributed by atoms with Gasteiger partial charge in [0.05, 0.1) is 0 Å². The van der Waals surface area contributed by atoms with Crippen molar-refractivity contribution in [2.24, 2.45) is 5.92 Å². The number of hydrogen-bond acceptors (Lipinski definition) is 2. The number of hydrogen-bond donors (Lipinski definition) is 0. The molecule has 31 heavy (non-hydrogen) atoms. The molecule has 1 aromatic heterocycles. The molecule has 0 bridgehead atoms. The van der Waals surface area contributed by atoms with Crippen molar-refractivity contribution in [2.45, 2.75) is 90.4 Å². The third-order valence-corrected chi connectivity index (χ3v) is 7.56. The molecule has 1 nitrogen and oxygen atoms in total. The van der Waals surface area contributed by atoms with Crippen LogP contribution < -0.4 is 0 Å². The quantitative estimate of drug-likeness (QED) is 0.197. The van der Waals surface area contributed by atoms with Crippen LogP contribution >= 0.6 is 12.2 Å². The molecule has 1 aliphatic carbocycles. The SMILES string of the molecule is CCCCCc1ccc2c(oc(=S)c3cc(C4CCC(CCCC)CC4)ccc32)c1F. The summed E-state index contributed by atoms with van der Waals surface area (Å²) in [4.78, 5) is 0. The smallest absolute Gasteiger partial charge is 0.198 e. The van der Waals surface area contributed by atoms with Gasteiger partial charge in [0, 0.05) is 10.8 Å². The molecule has 0 saturated heterocycles. The Morgan fingerprint density at radius 2 is 1.65 bits per heavy atom. The van der Waals surface area contributed by atoms with E-state index < -0.39 is 0 Å². The van der Waals surface area contributed by atoms with Gasteiger partial charge in [-0.1, -0.05) is 70.2 Å². The third kappa shape index (κ3) is 4.87. The van der Waals surface area contributed by atoms with E-state index in [1.54, 1.807) is 0 Å². The van der Waals surface area contributed by atoms with E-state index in [0.29, 0.717) is 16.2 Å². The Balaban J connectivity index is 1.62. The number of unbranched alkanes of at least 4 members (excludes halogenated alkanes) is 3. The Labute approximate surface area is 191 Å². The second kappa shape index (κ2) is 10.3. The zero-order chi connectivity index (χ0) is 21.8. The minimum atomic E-state index is -0.240. The molecule has 1 saturated carbocycles. The van der Waals surface area contributed by atoms with Gasteiger partial charge < -0.3 is 4.42 Å². The third-order valence-electron chi connectivity index (χ3n) is 7.26. The van der Waals surface area contributed by atoms with Crippen LogP contribution in [-0.2, 0) is 6.42 Å². The number of halogens is 1. The molecule has 0 N–H and O–H groups in total. The molecule has 0 spiro atoms. The monoisotopic (exact) mass is 438 g/mol. The first-order valence-corrected chi connectivity index (χ1v) is 12.7. The molecular weight excluding hydrogens is 403 g/mol. The Morgan fingerprint density at radius 1 is 0.903 bits per heavy atom. The Hall–Kier alpha value is -1.74. The first-order chi connectivity index (χ1) is 15.1. The van der Waals surface area contributed by atoms with Gasteiger partial charge in [-0.15, -0.1) is 0 Å². The van der Waals surface area contributed by atoms with Gasteiger partial charge in [-0.25, -0.2) is 4.39 Å². The molecule has 0 atom stereocenters. The van der Waals surface area contributed by atoms with Crippen LogP contribution in [0.15, 0.2) is 34.7 Å². The van der Waals surface area contributed by atoms with Crippen molar-refractivity contribution in [3.63, 3.8) is 0 Å². The predicted molar refractivity (Wildman–Crippen MR) is 132 cm³/mol. The molecule has 166 valence electrons. The second-order valence-electron chi connectivity index (χ2n) is 9.43. The lowest BCUT2D eigenvalue weighted by atomic mass is 9.77. The van der Waals surface area contributed by atoms with E-state index in [1.165, 1.54) is 50.5 Å². The molecular formula is C28H35FOS. The van der Waals surface area contributed by atoms with Gasteiger partial charge in [0.1, 0.15) is 0 Å². The van der Waals surface area contributed by atoms with E-state index in [-0.39, 0.29) is 5.82 Å². The van der Waals surface area contributed by atoms with Crippen LogP contribution in [0.3, 0.4) is 0 Å². The van der Waals surface area contributed by atoms with E-state index in [0.717, 1.165) is 53.3 Å². The number of aryl methyl sites for hydroxylation is 1. The fraction of sp³-hybridized carbons (Fsp3) is 0.536. The highest BCUT2D eigenvalue weighted by Crippen LogP contribution is 2.39. The minimum absolute atomic E-state index is 0.240. The topological polar surface area (TPSA) is 13.1 Å². The average Bonchev–Trinajstić information content (AvgIpc) is 2.80. The maximum absolute atomic E-state index is 15.2. The molecule has 0 amide bonds. The number of rotatable bonds is 8. The Kier molecular flexibility index (Phi) is 7.43. The van der Waals surface area contributed by atoms with Crippen molar-refractivity contribution >= 4 is 34.0 Å². The number of benzene rings is 2. The largest absolute Gasteiger partial charge is 0.441 e. The van der Waals surface area contributed by atoms with Crippen LogP contribution in [-0.4, -0.2) is 0 Å². The van der Waals surface area contributed by atoms with Gasteiger partial charge >= 0.3 is 0 Å². The van der Waals surface area contributed by atoms with E-state index in [4.69, 9.17) is 16.6 Å². The molecule has 1 aliphatic rings. The summed E-state index contributed by atoms with van der Waals surface area (Å²) in [5.41, 5.74) is 2.41. The molecule has 3 heteroatoms. The van der Waals surface area contributed by atoms with Crippen LogP contribution in [0.25, 0.3) is 21.7 Å². The van der Waals surface area contributed by atoms with Crippen LogP contribution in [0.4, 0.5) is 4.39 Å². The summed E-state index contributed by atoms with van der Waals surface area (Å²) >= 11 is 5.58. The van der Waals surface area contributed by atoms with Crippen molar-refractivity contribution in [3.05, 3.63) is 52.0 Å². The predicted octanol–water partition coefficient (Wildman–Crippen LogP) is 9.65. The fourth-order valence-electron chi connectivity index (χ4n) is 5.31. The summed E-state index contributed by atoms with van der Waals surface area (Å²) < 4.78 is 21.5. The van der Waals surface area contributed by atoms with Gasteiger partial charge in [-0.05, 0) is 85.2 Å².